The Labute approximate surface area is 96.6 Å². The zero-order chi connectivity index (χ0) is 13.1. The first-order valence-electron chi connectivity index (χ1n) is 5.19. The second kappa shape index (κ2) is 5.32. The molecule has 0 aromatic carbocycles. The number of aromatic nitrogens is 1. The van der Waals surface area contributed by atoms with Gasteiger partial charge in [0, 0.05) is 19.7 Å². The van der Waals surface area contributed by atoms with Gasteiger partial charge >= 0.3 is 0 Å². The Morgan fingerprint density at radius 2 is 2.53 bits per heavy atom. The summed E-state index contributed by atoms with van der Waals surface area (Å²) in [5.41, 5.74) is 0.344. The van der Waals surface area contributed by atoms with Gasteiger partial charge in [-0.3, -0.25) is 0 Å². The molecule has 0 aliphatic heterocycles. The summed E-state index contributed by atoms with van der Waals surface area (Å²) in [4.78, 5) is 8.59. The lowest BCUT2D eigenvalue weighted by atomic mass is 10.3. The normalized spacial score (nSPS) is 13.9. The van der Waals surface area contributed by atoms with E-state index >= 15 is 0 Å². The van der Waals surface area contributed by atoms with Gasteiger partial charge < -0.3 is 4.90 Å². The molecule has 1 rings (SSSR count). The van der Waals surface area contributed by atoms with Crippen molar-refractivity contribution >= 4 is 17.4 Å². The van der Waals surface area contributed by atoms with Crippen LogP contribution in [0.1, 0.15) is 15.2 Å². The van der Waals surface area contributed by atoms with E-state index in [1.807, 2.05) is 0 Å². The van der Waals surface area contributed by atoms with Crippen molar-refractivity contribution in [1.29, 1.82) is 5.26 Å². The average Bonchev–Trinajstić information content (AvgIpc) is 2.29. The van der Waals surface area contributed by atoms with E-state index in [1.54, 1.807) is 19.2 Å². The third-order valence-electron chi connectivity index (χ3n) is 1.72. The summed E-state index contributed by atoms with van der Waals surface area (Å²) in [6, 6.07) is 3.06. The van der Waals surface area contributed by atoms with Gasteiger partial charge in [0.1, 0.15) is 11.0 Å². The summed E-state index contributed by atoms with van der Waals surface area (Å²) in [6.07, 6.45) is 2.98. The number of halogens is 1. The number of aliphatic imine (C=N–C) groups is 1. The fourth-order valence-corrected chi connectivity index (χ4v) is 0.976. The maximum atomic E-state index is 8.44. The standard InChI is InChI=1S/C10H11ClN4/c1-8(14-7-12)15(2)6-9-3-4-10(11)13-5-9/h3-5H,6H2,1-2H3/i6T2. The molecular weight excluding hydrogens is 212 g/mol. The number of nitrogens with zero attached hydrogens (tertiary/aromatic N) is 4. The molecule has 0 fully saturated rings. The molecule has 0 saturated carbocycles. The Balaban J connectivity index is 3.07. The molecule has 0 aliphatic carbocycles. The van der Waals surface area contributed by atoms with Crippen LogP contribution in [0.25, 0.3) is 0 Å². The van der Waals surface area contributed by atoms with Crippen LogP contribution in [-0.4, -0.2) is 22.8 Å². The van der Waals surface area contributed by atoms with E-state index in [1.165, 1.54) is 24.2 Å². The molecule has 0 amide bonds. The largest absolute Gasteiger partial charge is 0.358 e. The zero-order valence-electron chi connectivity index (χ0n) is 10.4. The number of hydrogen-bond donors (Lipinski definition) is 0. The predicted molar refractivity (Wildman–Crippen MR) is 59.4 cm³/mol. The third-order valence-corrected chi connectivity index (χ3v) is 1.94. The van der Waals surface area contributed by atoms with Gasteiger partial charge in [0.05, 0.1) is 2.74 Å². The second-order valence-electron chi connectivity index (χ2n) is 2.80. The second-order valence-corrected chi connectivity index (χ2v) is 3.19. The molecule has 0 radical (unpaired) electrons. The van der Waals surface area contributed by atoms with Crippen LogP contribution in [0.4, 0.5) is 0 Å². The highest BCUT2D eigenvalue weighted by Gasteiger charge is 2.02. The summed E-state index contributed by atoms with van der Waals surface area (Å²) < 4.78 is 15.9. The first kappa shape index (κ1) is 8.69. The quantitative estimate of drug-likeness (QED) is 0.336. The Bertz CT molecular complexity index is 464. The molecule has 0 aliphatic rings. The zero-order valence-corrected chi connectivity index (χ0v) is 9.15. The van der Waals surface area contributed by atoms with Crippen LogP contribution in [0.5, 0.6) is 0 Å². The van der Waals surface area contributed by atoms with E-state index in [2.05, 4.69) is 9.98 Å². The molecule has 0 N–H and O–H groups in total. The van der Waals surface area contributed by atoms with Crippen molar-refractivity contribution in [2.75, 3.05) is 7.05 Å². The fraction of sp³-hybridized carbons (Fsp3) is 0.300. The molecule has 1 aromatic rings. The minimum Gasteiger partial charge on any atom is -0.358 e. The molecule has 0 bridgehead atoms. The molecule has 1 heterocycles. The SMILES string of the molecule is [3H]C([3H])(c1ccc(Cl)nc1)N(C)C(C)=NC#N. The van der Waals surface area contributed by atoms with E-state index in [9.17, 15) is 0 Å². The van der Waals surface area contributed by atoms with Crippen LogP contribution in [-0.2, 0) is 6.50 Å². The average molecular weight is 227 g/mol. The molecule has 4 nitrogen and oxygen atoms in total. The van der Waals surface area contributed by atoms with Gasteiger partial charge in [0.25, 0.3) is 0 Å². The summed E-state index contributed by atoms with van der Waals surface area (Å²) in [6.45, 7) is -0.244. The van der Waals surface area contributed by atoms with E-state index in [-0.39, 0.29) is 5.84 Å². The summed E-state index contributed by atoms with van der Waals surface area (Å²) in [5.74, 6) is 0.285. The highest BCUT2D eigenvalue weighted by molar-refractivity contribution is 6.29. The lowest BCUT2D eigenvalue weighted by Crippen LogP contribution is -2.23. The number of hydrogen-bond acceptors (Lipinski definition) is 3. The molecule has 0 atom stereocenters. The molecule has 0 saturated heterocycles. The van der Waals surface area contributed by atoms with Gasteiger partial charge in [-0.2, -0.15) is 10.3 Å². The topological polar surface area (TPSA) is 52.3 Å². The Morgan fingerprint density at radius 3 is 3.07 bits per heavy atom. The Kier molecular flexibility index (Phi) is 3.08. The smallest absolute Gasteiger partial charge is 0.207 e. The predicted octanol–water partition coefficient (Wildman–Crippen LogP) is 2.07. The van der Waals surface area contributed by atoms with Gasteiger partial charge in [0.15, 0.2) is 0 Å². The van der Waals surface area contributed by atoms with Gasteiger partial charge in [-0.15, -0.1) is 0 Å². The van der Waals surface area contributed by atoms with Crippen LogP contribution in [0.15, 0.2) is 23.3 Å². The lowest BCUT2D eigenvalue weighted by Gasteiger charge is -2.17. The molecule has 78 valence electrons. The summed E-state index contributed by atoms with van der Waals surface area (Å²) in [5, 5.41) is 8.74. The third kappa shape index (κ3) is 3.56. The lowest BCUT2D eigenvalue weighted by molar-refractivity contribution is 0.497. The van der Waals surface area contributed by atoms with Crippen LogP contribution in [0, 0.1) is 11.5 Å². The first-order chi connectivity index (χ1) is 7.89. The number of nitriles is 1. The minimum absolute atomic E-state index is 0.285. The van der Waals surface area contributed by atoms with Crippen molar-refractivity contribution in [3.8, 4) is 6.19 Å². The number of amidine groups is 1. The van der Waals surface area contributed by atoms with Gasteiger partial charge in [0.2, 0.25) is 6.19 Å². The van der Waals surface area contributed by atoms with Crippen LogP contribution in [0.3, 0.4) is 0 Å². The fourth-order valence-electron chi connectivity index (χ4n) is 0.864. The highest BCUT2D eigenvalue weighted by atomic mass is 35.5. The molecule has 0 unspecified atom stereocenters. The maximum Gasteiger partial charge on any atom is 0.207 e. The molecule has 1 aromatic heterocycles. The maximum absolute atomic E-state index is 8.44. The van der Waals surface area contributed by atoms with Crippen molar-refractivity contribution in [3.63, 3.8) is 0 Å². The molecule has 15 heavy (non-hydrogen) atoms. The van der Waals surface area contributed by atoms with Crippen molar-refractivity contribution in [3.05, 3.63) is 29.0 Å². The monoisotopic (exact) mass is 226 g/mol. The van der Waals surface area contributed by atoms with Crippen molar-refractivity contribution in [2.24, 2.45) is 4.99 Å². The summed E-state index contributed by atoms with van der Waals surface area (Å²) >= 11 is 5.64. The number of pyridine rings is 1. The molecular formula is C10H11ClN4. The van der Waals surface area contributed by atoms with E-state index in [0.29, 0.717) is 10.7 Å². The molecule has 0 spiro atoms. The van der Waals surface area contributed by atoms with Crippen molar-refractivity contribution in [1.82, 2.24) is 9.88 Å². The van der Waals surface area contributed by atoms with Gasteiger partial charge in [-0.05, 0) is 18.6 Å². The number of rotatable bonds is 2. The Morgan fingerprint density at radius 1 is 1.80 bits per heavy atom. The highest BCUT2D eigenvalue weighted by Crippen LogP contribution is 2.07. The Hall–Kier alpha value is -1.60. The van der Waals surface area contributed by atoms with Crippen molar-refractivity contribution in [2.45, 2.75) is 13.4 Å². The van der Waals surface area contributed by atoms with Crippen LogP contribution < -0.4 is 0 Å². The van der Waals surface area contributed by atoms with Gasteiger partial charge in [-0.25, -0.2) is 4.98 Å². The van der Waals surface area contributed by atoms with E-state index in [4.69, 9.17) is 19.6 Å². The van der Waals surface area contributed by atoms with Crippen molar-refractivity contribution < 1.29 is 2.74 Å². The van der Waals surface area contributed by atoms with E-state index < -0.39 is 6.50 Å². The first-order valence-corrected chi connectivity index (χ1v) is 4.56. The van der Waals surface area contributed by atoms with Crippen LogP contribution in [0.2, 0.25) is 5.15 Å². The van der Waals surface area contributed by atoms with Gasteiger partial charge in [-0.1, -0.05) is 17.7 Å². The van der Waals surface area contributed by atoms with Crippen LogP contribution >= 0.6 is 11.6 Å². The molecule has 5 heteroatoms. The minimum atomic E-state index is -1.80. The summed E-state index contributed by atoms with van der Waals surface area (Å²) in [7, 11) is 1.52. The van der Waals surface area contributed by atoms with E-state index in [0.717, 1.165) is 0 Å².